The minimum Gasteiger partial charge on any atom is -0.481 e. The van der Waals surface area contributed by atoms with Crippen molar-refractivity contribution in [2.75, 3.05) is 7.11 Å². The number of ether oxygens (including phenoxy) is 1. The molecule has 0 radical (unpaired) electrons. The van der Waals surface area contributed by atoms with Gasteiger partial charge in [0.25, 0.3) is 0 Å². The van der Waals surface area contributed by atoms with Crippen LogP contribution in [0.15, 0.2) is 36.7 Å². The SMILES string of the molecule is CCn1c(-c2cccnc2OC)cc2cc(Cl)ncc21. The Morgan fingerprint density at radius 1 is 1.30 bits per heavy atom. The molecular weight excluding hydrogens is 274 g/mol. The quantitative estimate of drug-likeness (QED) is 0.688. The summed E-state index contributed by atoms with van der Waals surface area (Å²) in [6.07, 6.45) is 3.52. The lowest BCUT2D eigenvalue weighted by molar-refractivity contribution is 0.399. The molecule has 0 saturated carbocycles. The van der Waals surface area contributed by atoms with Crippen molar-refractivity contribution in [3.8, 4) is 17.1 Å². The Hall–Kier alpha value is -2.07. The maximum absolute atomic E-state index is 5.97. The molecule has 102 valence electrons. The van der Waals surface area contributed by atoms with Gasteiger partial charge in [0, 0.05) is 18.1 Å². The molecule has 0 atom stereocenters. The van der Waals surface area contributed by atoms with Gasteiger partial charge in [-0.2, -0.15) is 0 Å². The van der Waals surface area contributed by atoms with E-state index in [9.17, 15) is 0 Å². The number of methoxy groups -OCH3 is 1. The second kappa shape index (κ2) is 5.13. The van der Waals surface area contributed by atoms with Crippen molar-refractivity contribution in [3.63, 3.8) is 0 Å². The van der Waals surface area contributed by atoms with Gasteiger partial charge in [-0.25, -0.2) is 9.97 Å². The van der Waals surface area contributed by atoms with E-state index >= 15 is 0 Å². The Morgan fingerprint density at radius 3 is 2.90 bits per heavy atom. The maximum Gasteiger partial charge on any atom is 0.222 e. The molecule has 5 heteroatoms. The third kappa shape index (κ3) is 2.02. The number of rotatable bonds is 3. The van der Waals surface area contributed by atoms with E-state index < -0.39 is 0 Å². The van der Waals surface area contributed by atoms with Gasteiger partial charge in [-0.3, -0.25) is 0 Å². The van der Waals surface area contributed by atoms with Crippen molar-refractivity contribution >= 4 is 22.5 Å². The van der Waals surface area contributed by atoms with Gasteiger partial charge < -0.3 is 9.30 Å². The van der Waals surface area contributed by atoms with Crippen LogP contribution in [0.4, 0.5) is 0 Å². The number of halogens is 1. The molecule has 0 amide bonds. The van der Waals surface area contributed by atoms with Crippen molar-refractivity contribution in [2.24, 2.45) is 0 Å². The zero-order valence-electron chi connectivity index (χ0n) is 11.3. The highest BCUT2D eigenvalue weighted by molar-refractivity contribution is 6.30. The molecular formula is C15H14ClN3O. The van der Waals surface area contributed by atoms with E-state index in [-0.39, 0.29) is 0 Å². The molecule has 4 nitrogen and oxygen atoms in total. The van der Waals surface area contributed by atoms with Gasteiger partial charge in [0.05, 0.1) is 30.1 Å². The highest BCUT2D eigenvalue weighted by Crippen LogP contribution is 2.33. The average molecular weight is 288 g/mol. The molecule has 0 spiro atoms. The van der Waals surface area contributed by atoms with Crippen molar-refractivity contribution in [2.45, 2.75) is 13.5 Å². The molecule has 0 saturated heterocycles. The molecule has 0 bridgehead atoms. The first-order chi connectivity index (χ1) is 9.74. The summed E-state index contributed by atoms with van der Waals surface area (Å²) in [7, 11) is 1.63. The van der Waals surface area contributed by atoms with Gasteiger partial charge in [0.2, 0.25) is 5.88 Å². The van der Waals surface area contributed by atoms with Crippen LogP contribution in [-0.4, -0.2) is 21.6 Å². The number of aryl methyl sites for hydroxylation is 1. The number of fused-ring (bicyclic) bond motifs is 1. The number of hydrogen-bond donors (Lipinski definition) is 0. The van der Waals surface area contributed by atoms with Crippen LogP contribution >= 0.6 is 11.6 Å². The Bertz CT molecular complexity index is 767. The van der Waals surface area contributed by atoms with Gasteiger partial charge in [-0.1, -0.05) is 11.6 Å². The molecule has 0 aliphatic heterocycles. The number of nitrogens with zero attached hydrogens (tertiary/aromatic N) is 3. The Balaban J connectivity index is 2.30. The van der Waals surface area contributed by atoms with E-state index in [2.05, 4.69) is 27.5 Å². The average Bonchev–Trinajstić information content (AvgIpc) is 2.84. The summed E-state index contributed by atoms with van der Waals surface area (Å²) in [6, 6.07) is 7.86. The number of aromatic nitrogens is 3. The second-order valence-corrected chi connectivity index (χ2v) is 4.79. The molecule has 20 heavy (non-hydrogen) atoms. The first-order valence-electron chi connectivity index (χ1n) is 6.38. The molecule has 3 heterocycles. The van der Waals surface area contributed by atoms with Crippen LogP contribution in [0.1, 0.15) is 6.92 Å². The van der Waals surface area contributed by atoms with Crippen LogP contribution in [0, 0.1) is 0 Å². The Labute approximate surface area is 122 Å². The van der Waals surface area contributed by atoms with Crippen molar-refractivity contribution in [1.29, 1.82) is 0 Å². The highest BCUT2D eigenvalue weighted by Gasteiger charge is 2.14. The minimum absolute atomic E-state index is 0.496. The molecule has 3 rings (SSSR count). The molecule has 0 N–H and O–H groups in total. The lowest BCUT2D eigenvalue weighted by atomic mass is 10.2. The summed E-state index contributed by atoms with van der Waals surface area (Å²) in [4.78, 5) is 8.42. The Morgan fingerprint density at radius 2 is 2.15 bits per heavy atom. The van der Waals surface area contributed by atoms with Crippen LogP contribution in [0.2, 0.25) is 5.15 Å². The molecule has 3 aromatic rings. The van der Waals surface area contributed by atoms with E-state index in [1.165, 1.54) is 0 Å². The van der Waals surface area contributed by atoms with E-state index in [1.807, 2.05) is 18.2 Å². The van der Waals surface area contributed by atoms with E-state index in [1.54, 1.807) is 19.5 Å². The zero-order valence-corrected chi connectivity index (χ0v) is 12.1. The molecule has 3 aromatic heterocycles. The van der Waals surface area contributed by atoms with Crippen LogP contribution < -0.4 is 4.74 Å². The summed E-state index contributed by atoms with van der Waals surface area (Å²) in [6.45, 7) is 2.93. The van der Waals surface area contributed by atoms with E-state index in [4.69, 9.17) is 16.3 Å². The second-order valence-electron chi connectivity index (χ2n) is 4.40. The van der Waals surface area contributed by atoms with Crippen LogP contribution in [0.25, 0.3) is 22.2 Å². The number of pyridine rings is 2. The van der Waals surface area contributed by atoms with E-state index in [0.717, 1.165) is 28.7 Å². The molecule has 0 aromatic carbocycles. The highest BCUT2D eigenvalue weighted by atomic mass is 35.5. The molecule has 0 aliphatic rings. The fourth-order valence-electron chi connectivity index (χ4n) is 2.45. The standard InChI is InChI=1S/C15H14ClN3O/c1-3-19-12(11-5-4-6-17-15(11)20-2)7-10-8-14(16)18-9-13(10)19/h4-9H,3H2,1-2H3. The lowest BCUT2D eigenvalue weighted by Crippen LogP contribution is -1.99. The zero-order chi connectivity index (χ0) is 14.1. The summed E-state index contributed by atoms with van der Waals surface area (Å²) in [5.74, 6) is 0.615. The number of hydrogen-bond acceptors (Lipinski definition) is 3. The van der Waals surface area contributed by atoms with Crippen LogP contribution in [0.3, 0.4) is 0 Å². The smallest absolute Gasteiger partial charge is 0.222 e. The summed E-state index contributed by atoms with van der Waals surface area (Å²) in [5, 5.41) is 1.56. The molecule has 0 aliphatic carbocycles. The van der Waals surface area contributed by atoms with Crippen LogP contribution in [0.5, 0.6) is 5.88 Å². The summed E-state index contributed by atoms with van der Waals surface area (Å²) in [5.41, 5.74) is 3.07. The minimum atomic E-state index is 0.496. The monoisotopic (exact) mass is 287 g/mol. The summed E-state index contributed by atoms with van der Waals surface area (Å²) < 4.78 is 7.53. The van der Waals surface area contributed by atoms with Gasteiger partial charge in [0.15, 0.2) is 0 Å². The Kier molecular flexibility index (Phi) is 3.32. The fraction of sp³-hybridized carbons (Fsp3) is 0.200. The first-order valence-corrected chi connectivity index (χ1v) is 6.76. The molecule has 0 unspecified atom stereocenters. The maximum atomic E-state index is 5.97. The third-order valence-corrected chi connectivity index (χ3v) is 3.52. The molecule has 0 fully saturated rings. The van der Waals surface area contributed by atoms with Gasteiger partial charge >= 0.3 is 0 Å². The predicted molar refractivity (Wildman–Crippen MR) is 80.2 cm³/mol. The first kappa shape index (κ1) is 12.9. The lowest BCUT2D eigenvalue weighted by Gasteiger charge is -2.10. The van der Waals surface area contributed by atoms with Gasteiger partial charge in [-0.15, -0.1) is 0 Å². The fourth-order valence-corrected chi connectivity index (χ4v) is 2.61. The van der Waals surface area contributed by atoms with Crippen molar-refractivity contribution in [3.05, 3.63) is 41.8 Å². The largest absolute Gasteiger partial charge is 0.481 e. The van der Waals surface area contributed by atoms with E-state index in [0.29, 0.717) is 11.0 Å². The van der Waals surface area contributed by atoms with Crippen molar-refractivity contribution < 1.29 is 4.74 Å². The summed E-state index contributed by atoms with van der Waals surface area (Å²) >= 11 is 5.97. The van der Waals surface area contributed by atoms with Crippen LogP contribution in [-0.2, 0) is 6.54 Å². The van der Waals surface area contributed by atoms with Gasteiger partial charge in [0.1, 0.15) is 5.15 Å². The predicted octanol–water partition coefficient (Wildman–Crippen LogP) is 3.78. The normalized spacial score (nSPS) is 10.9. The third-order valence-electron chi connectivity index (χ3n) is 3.31. The van der Waals surface area contributed by atoms with Crippen molar-refractivity contribution in [1.82, 2.24) is 14.5 Å². The topological polar surface area (TPSA) is 39.9 Å². The van der Waals surface area contributed by atoms with Gasteiger partial charge in [-0.05, 0) is 31.2 Å².